The zero-order chi connectivity index (χ0) is 11.2. The highest BCUT2D eigenvalue weighted by atomic mass is 16.5. The number of aliphatic hydroxyl groups is 1. The van der Waals surface area contributed by atoms with E-state index in [4.69, 9.17) is 4.74 Å². The topological polar surface area (TPSA) is 41.5 Å². The van der Waals surface area contributed by atoms with E-state index in [0.29, 0.717) is 6.54 Å². The van der Waals surface area contributed by atoms with Gasteiger partial charge in [0.1, 0.15) is 0 Å². The molecule has 3 nitrogen and oxygen atoms in total. The summed E-state index contributed by atoms with van der Waals surface area (Å²) in [6.45, 7) is 10.3. The largest absolute Gasteiger partial charge is 0.389 e. The number of hydrogen-bond donors (Lipinski definition) is 2. The van der Waals surface area contributed by atoms with E-state index in [2.05, 4.69) is 19.2 Å². The van der Waals surface area contributed by atoms with Gasteiger partial charge in [-0.05, 0) is 25.7 Å². The zero-order valence-electron chi connectivity index (χ0n) is 10.2. The Balaban J connectivity index is 3.65. The van der Waals surface area contributed by atoms with Gasteiger partial charge in [0, 0.05) is 26.8 Å². The normalized spacial score (nSPS) is 13.3. The minimum atomic E-state index is -0.628. The van der Waals surface area contributed by atoms with Crippen LogP contribution in [0, 0.1) is 5.41 Å². The number of hydrogen-bond acceptors (Lipinski definition) is 3. The quantitative estimate of drug-likeness (QED) is 0.657. The molecule has 0 aliphatic heterocycles. The van der Waals surface area contributed by atoms with Crippen molar-refractivity contribution in [2.75, 3.05) is 26.8 Å². The molecule has 0 unspecified atom stereocenters. The second-order valence-corrected chi connectivity index (χ2v) is 5.32. The van der Waals surface area contributed by atoms with Crippen LogP contribution in [0.3, 0.4) is 0 Å². The lowest BCUT2D eigenvalue weighted by atomic mass is 9.89. The lowest BCUT2D eigenvalue weighted by molar-refractivity contribution is 0.0747. The standard InChI is InChI=1S/C11H25NO2/c1-10(2,6-7-14-5)8-12-9-11(3,4)13/h12-13H,6-9H2,1-5H3. The summed E-state index contributed by atoms with van der Waals surface area (Å²) in [6, 6.07) is 0. The molecule has 3 heteroatoms. The summed E-state index contributed by atoms with van der Waals surface area (Å²) >= 11 is 0. The van der Waals surface area contributed by atoms with Crippen LogP contribution in [0.1, 0.15) is 34.1 Å². The molecule has 0 spiro atoms. The van der Waals surface area contributed by atoms with Gasteiger partial charge in [0.15, 0.2) is 0 Å². The smallest absolute Gasteiger partial charge is 0.0715 e. The molecule has 0 aliphatic rings. The van der Waals surface area contributed by atoms with E-state index in [-0.39, 0.29) is 5.41 Å². The maximum atomic E-state index is 9.50. The molecule has 0 rings (SSSR count). The van der Waals surface area contributed by atoms with Crippen LogP contribution in [0.5, 0.6) is 0 Å². The Morgan fingerprint density at radius 3 is 2.14 bits per heavy atom. The molecular formula is C11H25NO2. The van der Waals surface area contributed by atoms with E-state index >= 15 is 0 Å². The second-order valence-electron chi connectivity index (χ2n) is 5.32. The van der Waals surface area contributed by atoms with Gasteiger partial charge >= 0.3 is 0 Å². The van der Waals surface area contributed by atoms with Gasteiger partial charge in [-0.15, -0.1) is 0 Å². The van der Waals surface area contributed by atoms with Gasteiger partial charge in [-0.25, -0.2) is 0 Å². The molecule has 0 aromatic heterocycles. The molecule has 0 aliphatic carbocycles. The Kier molecular flexibility index (Phi) is 5.64. The average molecular weight is 203 g/mol. The summed E-state index contributed by atoms with van der Waals surface area (Å²) in [5, 5.41) is 12.8. The number of ether oxygens (including phenoxy) is 1. The first-order valence-corrected chi connectivity index (χ1v) is 5.19. The Labute approximate surface area is 87.8 Å². The third-order valence-electron chi connectivity index (χ3n) is 2.14. The Bertz CT molecular complexity index is 150. The van der Waals surface area contributed by atoms with Gasteiger partial charge in [-0.2, -0.15) is 0 Å². The Hall–Kier alpha value is -0.120. The van der Waals surface area contributed by atoms with Crippen LogP contribution < -0.4 is 5.32 Å². The van der Waals surface area contributed by atoms with Gasteiger partial charge in [-0.1, -0.05) is 13.8 Å². The van der Waals surface area contributed by atoms with E-state index in [1.54, 1.807) is 7.11 Å². The van der Waals surface area contributed by atoms with Crippen LogP contribution in [0.15, 0.2) is 0 Å². The van der Waals surface area contributed by atoms with Crippen LogP contribution in [0.2, 0.25) is 0 Å². The highest BCUT2D eigenvalue weighted by molar-refractivity contribution is 4.75. The van der Waals surface area contributed by atoms with Gasteiger partial charge in [0.05, 0.1) is 5.60 Å². The monoisotopic (exact) mass is 203 g/mol. The first-order chi connectivity index (χ1) is 6.27. The third kappa shape index (κ3) is 8.48. The molecule has 0 radical (unpaired) electrons. The van der Waals surface area contributed by atoms with Gasteiger partial charge < -0.3 is 15.2 Å². The fraction of sp³-hybridized carbons (Fsp3) is 1.00. The summed E-state index contributed by atoms with van der Waals surface area (Å²) in [5.74, 6) is 0. The molecule has 0 aromatic carbocycles. The molecule has 0 aromatic rings. The van der Waals surface area contributed by atoms with E-state index in [1.807, 2.05) is 13.8 Å². The van der Waals surface area contributed by atoms with Gasteiger partial charge in [-0.3, -0.25) is 0 Å². The fourth-order valence-corrected chi connectivity index (χ4v) is 1.17. The summed E-state index contributed by atoms with van der Waals surface area (Å²) in [6.07, 6.45) is 1.03. The van der Waals surface area contributed by atoms with Crippen molar-refractivity contribution in [1.29, 1.82) is 0 Å². The number of nitrogens with one attached hydrogen (secondary N) is 1. The summed E-state index contributed by atoms with van der Waals surface area (Å²) in [7, 11) is 1.72. The molecule has 0 fully saturated rings. The Morgan fingerprint density at radius 2 is 1.71 bits per heavy atom. The molecule has 14 heavy (non-hydrogen) atoms. The van der Waals surface area contributed by atoms with Crippen molar-refractivity contribution < 1.29 is 9.84 Å². The molecule has 2 N–H and O–H groups in total. The minimum Gasteiger partial charge on any atom is -0.389 e. The molecule has 0 amide bonds. The first kappa shape index (κ1) is 13.9. The van der Waals surface area contributed by atoms with Crippen LogP contribution in [-0.4, -0.2) is 37.5 Å². The molecule has 0 saturated heterocycles. The van der Waals surface area contributed by atoms with Crippen molar-refractivity contribution in [3.63, 3.8) is 0 Å². The van der Waals surface area contributed by atoms with Gasteiger partial charge in [0.2, 0.25) is 0 Å². The summed E-state index contributed by atoms with van der Waals surface area (Å²) < 4.78 is 5.05. The first-order valence-electron chi connectivity index (χ1n) is 5.19. The number of methoxy groups -OCH3 is 1. The molecule has 0 atom stereocenters. The van der Waals surface area contributed by atoms with Crippen molar-refractivity contribution in [2.24, 2.45) is 5.41 Å². The predicted octanol–water partition coefficient (Wildman–Crippen LogP) is 1.41. The van der Waals surface area contributed by atoms with Crippen LogP contribution >= 0.6 is 0 Å². The maximum absolute atomic E-state index is 9.50. The SMILES string of the molecule is COCCC(C)(C)CNCC(C)(C)O. The minimum absolute atomic E-state index is 0.223. The number of rotatable bonds is 7. The highest BCUT2D eigenvalue weighted by Crippen LogP contribution is 2.18. The zero-order valence-corrected chi connectivity index (χ0v) is 10.2. The average Bonchev–Trinajstić information content (AvgIpc) is 1.98. The lowest BCUT2D eigenvalue weighted by Crippen LogP contribution is -2.39. The molecule has 86 valence electrons. The lowest BCUT2D eigenvalue weighted by Gasteiger charge is -2.27. The molecule has 0 saturated carbocycles. The summed E-state index contributed by atoms with van der Waals surface area (Å²) in [5.41, 5.74) is -0.404. The van der Waals surface area contributed by atoms with Crippen molar-refractivity contribution in [1.82, 2.24) is 5.32 Å². The molecule has 0 heterocycles. The van der Waals surface area contributed by atoms with Crippen LogP contribution in [0.4, 0.5) is 0 Å². The highest BCUT2D eigenvalue weighted by Gasteiger charge is 2.19. The van der Waals surface area contributed by atoms with Crippen molar-refractivity contribution >= 4 is 0 Å². The van der Waals surface area contributed by atoms with Crippen molar-refractivity contribution in [2.45, 2.75) is 39.7 Å². The second kappa shape index (κ2) is 5.69. The summed E-state index contributed by atoms with van der Waals surface area (Å²) in [4.78, 5) is 0. The van der Waals surface area contributed by atoms with E-state index in [1.165, 1.54) is 0 Å². The fourth-order valence-electron chi connectivity index (χ4n) is 1.17. The van der Waals surface area contributed by atoms with E-state index in [0.717, 1.165) is 19.6 Å². The predicted molar refractivity (Wildman–Crippen MR) is 59.4 cm³/mol. The molecule has 0 bridgehead atoms. The maximum Gasteiger partial charge on any atom is 0.0715 e. The van der Waals surface area contributed by atoms with E-state index in [9.17, 15) is 5.11 Å². The van der Waals surface area contributed by atoms with Gasteiger partial charge in [0.25, 0.3) is 0 Å². The van der Waals surface area contributed by atoms with E-state index < -0.39 is 5.60 Å². The van der Waals surface area contributed by atoms with Crippen molar-refractivity contribution in [3.05, 3.63) is 0 Å². The molecular weight excluding hydrogens is 178 g/mol. The Morgan fingerprint density at radius 1 is 1.14 bits per heavy atom. The van der Waals surface area contributed by atoms with Crippen molar-refractivity contribution in [3.8, 4) is 0 Å². The van der Waals surface area contributed by atoms with Crippen LogP contribution in [-0.2, 0) is 4.74 Å². The third-order valence-corrected chi connectivity index (χ3v) is 2.14. The van der Waals surface area contributed by atoms with Crippen LogP contribution in [0.25, 0.3) is 0 Å².